The highest BCUT2D eigenvalue weighted by Gasteiger charge is 2.31. The Morgan fingerprint density at radius 1 is 1.03 bits per heavy atom. The minimum Gasteiger partial charge on any atom is -0.336 e. The summed E-state index contributed by atoms with van der Waals surface area (Å²) in [6.45, 7) is 0.542. The van der Waals surface area contributed by atoms with Crippen molar-refractivity contribution in [1.29, 1.82) is 5.26 Å². The first kappa shape index (κ1) is 20.3. The summed E-state index contributed by atoms with van der Waals surface area (Å²) in [4.78, 5) is 28.2. The van der Waals surface area contributed by atoms with Gasteiger partial charge in [0.05, 0.1) is 17.2 Å². The molecule has 1 N–H and O–H groups in total. The SMILES string of the molecule is N#Cc1ccc(C(=O)NC(C(=O)N2CCCc3ccccc32)c2ccccc2)c(F)c1. The lowest BCUT2D eigenvalue weighted by atomic mass is 9.99. The zero-order valence-electron chi connectivity index (χ0n) is 16.7. The van der Waals surface area contributed by atoms with Gasteiger partial charge in [0.15, 0.2) is 0 Å². The summed E-state index contributed by atoms with van der Waals surface area (Å²) < 4.78 is 14.4. The number of amides is 2. The van der Waals surface area contributed by atoms with E-state index in [2.05, 4.69) is 5.32 Å². The highest BCUT2D eigenvalue weighted by molar-refractivity contribution is 6.03. The Morgan fingerprint density at radius 3 is 2.52 bits per heavy atom. The summed E-state index contributed by atoms with van der Waals surface area (Å²) in [5.41, 5.74) is 2.43. The Labute approximate surface area is 179 Å². The third-order valence-corrected chi connectivity index (χ3v) is 5.37. The highest BCUT2D eigenvalue weighted by Crippen LogP contribution is 2.29. The third kappa shape index (κ3) is 4.17. The molecule has 1 aliphatic rings. The van der Waals surface area contributed by atoms with E-state index in [0.29, 0.717) is 12.1 Å². The molecule has 4 rings (SSSR count). The van der Waals surface area contributed by atoms with Gasteiger partial charge in [-0.25, -0.2) is 4.39 Å². The van der Waals surface area contributed by atoms with Crippen LogP contribution in [0.25, 0.3) is 0 Å². The molecule has 0 saturated carbocycles. The van der Waals surface area contributed by atoms with E-state index < -0.39 is 17.8 Å². The van der Waals surface area contributed by atoms with E-state index in [1.807, 2.05) is 36.4 Å². The zero-order chi connectivity index (χ0) is 21.8. The molecule has 0 fully saturated rings. The fourth-order valence-corrected chi connectivity index (χ4v) is 3.83. The summed E-state index contributed by atoms with van der Waals surface area (Å²) in [7, 11) is 0. The van der Waals surface area contributed by atoms with Gasteiger partial charge >= 0.3 is 0 Å². The van der Waals surface area contributed by atoms with E-state index in [9.17, 15) is 14.0 Å². The number of para-hydroxylation sites is 1. The molecule has 1 aliphatic heterocycles. The van der Waals surface area contributed by atoms with Gasteiger partial charge in [-0.05, 0) is 48.2 Å². The maximum absolute atomic E-state index is 14.4. The van der Waals surface area contributed by atoms with Crippen LogP contribution >= 0.6 is 0 Å². The van der Waals surface area contributed by atoms with Gasteiger partial charge in [-0.2, -0.15) is 5.26 Å². The maximum Gasteiger partial charge on any atom is 0.255 e. The van der Waals surface area contributed by atoms with Crippen LogP contribution in [0.15, 0.2) is 72.8 Å². The molecule has 3 aromatic carbocycles. The van der Waals surface area contributed by atoms with Crippen molar-refractivity contribution in [3.8, 4) is 6.07 Å². The molecule has 5 nitrogen and oxygen atoms in total. The summed E-state index contributed by atoms with van der Waals surface area (Å²) in [6, 6.07) is 21.1. The number of anilines is 1. The van der Waals surface area contributed by atoms with Crippen molar-refractivity contribution in [2.24, 2.45) is 0 Å². The number of hydrogen-bond acceptors (Lipinski definition) is 3. The Bertz CT molecular complexity index is 1170. The fourth-order valence-electron chi connectivity index (χ4n) is 3.83. The topological polar surface area (TPSA) is 73.2 Å². The lowest BCUT2D eigenvalue weighted by molar-refractivity contribution is -0.120. The van der Waals surface area contributed by atoms with Crippen molar-refractivity contribution < 1.29 is 14.0 Å². The van der Waals surface area contributed by atoms with E-state index in [1.54, 1.807) is 29.2 Å². The third-order valence-electron chi connectivity index (χ3n) is 5.37. The van der Waals surface area contributed by atoms with Gasteiger partial charge < -0.3 is 10.2 Å². The van der Waals surface area contributed by atoms with E-state index in [0.717, 1.165) is 30.2 Å². The second-order valence-corrected chi connectivity index (χ2v) is 7.35. The van der Waals surface area contributed by atoms with Gasteiger partial charge in [-0.3, -0.25) is 9.59 Å². The van der Waals surface area contributed by atoms with Crippen LogP contribution in [-0.2, 0) is 11.2 Å². The Hall–Kier alpha value is -3.98. The van der Waals surface area contributed by atoms with Gasteiger partial charge in [-0.1, -0.05) is 48.5 Å². The van der Waals surface area contributed by atoms with Gasteiger partial charge in [0.1, 0.15) is 11.9 Å². The van der Waals surface area contributed by atoms with E-state index in [1.165, 1.54) is 12.1 Å². The van der Waals surface area contributed by atoms with Crippen LogP contribution in [0, 0.1) is 17.1 Å². The molecule has 1 atom stereocenters. The van der Waals surface area contributed by atoms with E-state index >= 15 is 0 Å². The predicted octanol–water partition coefficient (Wildman–Crippen LogP) is 4.15. The first-order valence-electron chi connectivity index (χ1n) is 10.0. The van der Waals surface area contributed by atoms with Crippen molar-refractivity contribution >= 4 is 17.5 Å². The maximum atomic E-state index is 14.4. The molecule has 0 spiro atoms. The van der Waals surface area contributed by atoms with Gasteiger partial charge in [0.25, 0.3) is 11.8 Å². The average molecular weight is 413 g/mol. The van der Waals surface area contributed by atoms with Crippen LogP contribution in [-0.4, -0.2) is 18.4 Å². The molecule has 2 amide bonds. The van der Waals surface area contributed by atoms with Crippen molar-refractivity contribution in [1.82, 2.24) is 5.32 Å². The first-order chi connectivity index (χ1) is 15.1. The number of carbonyl (C=O) groups excluding carboxylic acids is 2. The van der Waals surface area contributed by atoms with Crippen LogP contribution < -0.4 is 10.2 Å². The van der Waals surface area contributed by atoms with E-state index in [4.69, 9.17) is 5.26 Å². The number of benzene rings is 3. The second-order valence-electron chi connectivity index (χ2n) is 7.35. The molecule has 1 heterocycles. The summed E-state index contributed by atoms with van der Waals surface area (Å²) >= 11 is 0. The van der Waals surface area contributed by atoms with Crippen molar-refractivity contribution in [2.75, 3.05) is 11.4 Å². The molecule has 0 aliphatic carbocycles. The molecule has 3 aromatic rings. The summed E-state index contributed by atoms with van der Waals surface area (Å²) in [5, 5.41) is 11.6. The quantitative estimate of drug-likeness (QED) is 0.698. The predicted molar refractivity (Wildman–Crippen MR) is 115 cm³/mol. The number of rotatable bonds is 4. The number of nitrogens with zero attached hydrogens (tertiary/aromatic N) is 2. The number of carbonyl (C=O) groups is 2. The van der Waals surface area contributed by atoms with E-state index in [-0.39, 0.29) is 17.0 Å². The Balaban J connectivity index is 1.67. The number of nitrogens with one attached hydrogen (secondary N) is 1. The average Bonchev–Trinajstić information content (AvgIpc) is 2.82. The summed E-state index contributed by atoms with van der Waals surface area (Å²) in [6.07, 6.45) is 1.71. The van der Waals surface area contributed by atoms with Crippen LogP contribution in [0.1, 0.15) is 39.5 Å². The number of fused-ring (bicyclic) bond motifs is 1. The number of aryl methyl sites for hydroxylation is 1. The van der Waals surface area contributed by atoms with Gasteiger partial charge in [-0.15, -0.1) is 0 Å². The Kier molecular flexibility index (Phi) is 5.76. The first-order valence-corrected chi connectivity index (χ1v) is 10.0. The van der Waals surface area contributed by atoms with Crippen molar-refractivity contribution in [2.45, 2.75) is 18.9 Å². The molecule has 1 unspecified atom stereocenters. The highest BCUT2D eigenvalue weighted by atomic mass is 19.1. The molecule has 0 saturated heterocycles. The smallest absolute Gasteiger partial charge is 0.255 e. The number of halogens is 1. The monoisotopic (exact) mass is 413 g/mol. The molecule has 0 bridgehead atoms. The minimum absolute atomic E-state index is 0.120. The lowest BCUT2D eigenvalue weighted by Gasteiger charge is -2.32. The van der Waals surface area contributed by atoms with Gasteiger partial charge in [0.2, 0.25) is 0 Å². The molecular weight excluding hydrogens is 393 g/mol. The fraction of sp³-hybridized carbons (Fsp3) is 0.160. The largest absolute Gasteiger partial charge is 0.336 e. The Morgan fingerprint density at radius 2 is 1.77 bits per heavy atom. The molecule has 0 aromatic heterocycles. The normalized spacial score (nSPS) is 13.6. The molecule has 0 radical (unpaired) electrons. The standard InChI is InChI=1S/C25H20FN3O2/c26-21-15-17(16-27)12-13-20(21)24(30)28-23(19-8-2-1-3-9-19)25(31)29-14-6-10-18-7-4-5-11-22(18)29/h1-5,7-9,11-13,15,23H,6,10,14H2,(H,28,30). The zero-order valence-corrected chi connectivity index (χ0v) is 16.7. The number of nitriles is 1. The summed E-state index contributed by atoms with van der Waals surface area (Å²) in [5.74, 6) is -1.80. The van der Waals surface area contributed by atoms with Crippen LogP contribution in [0.3, 0.4) is 0 Å². The van der Waals surface area contributed by atoms with Crippen LogP contribution in [0.5, 0.6) is 0 Å². The van der Waals surface area contributed by atoms with Crippen molar-refractivity contribution in [3.63, 3.8) is 0 Å². The number of hydrogen-bond donors (Lipinski definition) is 1. The molecular formula is C25H20FN3O2. The van der Waals surface area contributed by atoms with Crippen LogP contribution in [0.4, 0.5) is 10.1 Å². The second kappa shape index (κ2) is 8.80. The molecule has 31 heavy (non-hydrogen) atoms. The minimum atomic E-state index is -0.977. The van der Waals surface area contributed by atoms with Gasteiger partial charge in [0, 0.05) is 12.2 Å². The lowest BCUT2D eigenvalue weighted by Crippen LogP contribution is -2.45. The molecule has 6 heteroatoms. The van der Waals surface area contributed by atoms with Crippen molar-refractivity contribution in [3.05, 3.63) is 101 Å². The van der Waals surface area contributed by atoms with Crippen LogP contribution in [0.2, 0.25) is 0 Å². The molecule has 154 valence electrons.